The van der Waals surface area contributed by atoms with Gasteiger partial charge in [0.15, 0.2) is 0 Å². The van der Waals surface area contributed by atoms with E-state index in [1.807, 2.05) is 6.07 Å². The van der Waals surface area contributed by atoms with Crippen LogP contribution in [0.2, 0.25) is 5.02 Å². The molecule has 1 aliphatic heterocycles. The van der Waals surface area contributed by atoms with Crippen molar-refractivity contribution >= 4 is 38.9 Å². The Hall–Kier alpha value is -1.48. The molecule has 1 saturated heterocycles. The lowest BCUT2D eigenvalue weighted by molar-refractivity contribution is 0.0985. The molecular formula is C15H15ClN2O4S2. The molecule has 1 amide bonds. The van der Waals surface area contributed by atoms with Gasteiger partial charge in [-0.05, 0) is 12.5 Å². The Balaban J connectivity index is 1.71. The molecule has 2 aromatic rings. The molecule has 1 unspecified atom stereocenters. The number of carbonyl (C=O) groups is 1. The molecule has 0 saturated carbocycles. The number of thiazole rings is 1. The molecule has 1 N–H and O–H groups in total. The van der Waals surface area contributed by atoms with Crippen LogP contribution in [0.25, 0.3) is 10.6 Å². The van der Waals surface area contributed by atoms with Gasteiger partial charge in [-0.2, -0.15) is 0 Å². The number of ether oxygens (including phenoxy) is 1. The van der Waals surface area contributed by atoms with E-state index in [1.165, 1.54) is 6.20 Å². The number of hydrogen-bond donors (Lipinski definition) is 1. The highest BCUT2D eigenvalue weighted by atomic mass is 35.5. The van der Waals surface area contributed by atoms with Crippen LogP contribution in [-0.4, -0.2) is 38.3 Å². The first-order valence-corrected chi connectivity index (χ1v) is 10.1. The quantitative estimate of drug-likeness (QED) is 0.853. The highest BCUT2D eigenvalue weighted by molar-refractivity contribution is 7.90. The molecule has 6 nitrogen and oxygen atoms in total. The molecular weight excluding hydrogens is 372 g/mol. The first-order valence-electron chi connectivity index (χ1n) is 7.28. The molecule has 0 radical (unpaired) electrons. The molecule has 0 bridgehead atoms. The van der Waals surface area contributed by atoms with Gasteiger partial charge in [-0.1, -0.05) is 29.8 Å². The number of benzene rings is 1. The van der Waals surface area contributed by atoms with Crippen LogP contribution >= 0.6 is 22.9 Å². The Bertz CT molecular complexity index is 845. The second kappa shape index (κ2) is 7.18. The summed E-state index contributed by atoms with van der Waals surface area (Å²) in [5.41, 5.74) is 0.703. The highest BCUT2D eigenvalue weighted by Crippen LogP contribution is 2.30. The Morgan fingerprint density at radius 2 is 2.21 bits per heavy atom. The molecule has 1 aromatic heterocycles. The molecule has 0 spiro atoms. The first kappa shape index (κ1) is 17.3. The zero-order valence-corrected chi connectivity index (χ0v) is 15.0. The molecule has 2 heterocycles. The van der Waals surface area contributed by atoms with E-state index in [4.69, 9.17) is 16.3 Å². The summed E-state index contributed by atoms with van der Waals surface area (Å²) in [5, 5.41) is 1.08. The van der Waals surface area contributed by atoms with Gasteiger partial charge < -0.3 is 4.74 Å². The van der Waals surface area contributed by atoms with Crippen molar-refractivity contribution in [1.82, 2.24) is 9.71 Å². The SMILES string of the molecule is O=C(NS(=O)(=O)CC1CCOC1)c1cnc(-c2ccccc2Cl)s1. The highest BCUT2D eigenvalue weighted by Gasteiger charge is 2.25. The molecule has 0 aliphatic carbocycles. The minimum Gasteiger partial charge on any atom is -0.381 e. The Morgan fingerprint density at radius 1 is 1.42 bits per heavy atom. The predicted molar refractivity (Wildman–Crippen MR) is 92.7 cm³/mol. The maximum atomic E-state index is 12.2. The predicted octanol–water partition coefficient (Wildman–Crippen LogP) is 2.56. The van der Waals surface area contributed by atoms with Gasteiger partial charge in [0.2, 0.25) is 10.0 Å². The van der Waals surface area contributed by atoms with Gasteiger partial charge in [-0.25, -0.2) is 18.1 Å². The van der Waals surface area contributed by atoms with Gasteiger partial charge in [0.25, 0.3) is 5.91 Å². The summed E-state index contributed by atoms with van der Waals surface area (Å²) < 4.78 is 31.4. The first-order chi connectivity index (χ1) is 11.4. The largest absolute Gasteiger partial charge is 0.381 e. The van der Waals surface area contributed by atoms with Crippen molar-refractivity contribution in [3.63, 3.8) is 0 Å². The van der Waals surface area contributed by atoms with Crippen LogP contribution in [0.5, 0.6) is 0 Å². The molecule has 9 heteroatoms. The summed E-state index contributed by atoms with van der Waals surface area (Å²) in [7, 11) is -3.70. The fourth-order valence-electron chi connectivity index (χ4n) is 2.40. The van der Waals surface area contributed by atoms with Gasteiger partial charge in [-0.3, -0.25) is 4.79 Å². The normalized spacial score (nSPS) is 17.8. The van der Waals surface area contributed by atoms with Crippen molar-refractivity contribution in [2.24, 2.45) is 5.92 Å². The zero-order valence-electron chi connectivity index (χ0n) is 12.6. The number of carbonyl (C=O) groups excluding carboxylic acids is 1. The number of nitrogens with zero attached hydrogens (tertiary/aromatic N) is 1. The van der Waals surface area contributed by atoms with Crippen LogP contribution in [0, 0.1) is 5.92 Å². The number of rotatable bonds is 5. The van der Waals surface area contributed by atoms with E-state index >= 15 is 0 Å². The van der Waals surface area contributed by atoms with E-state index in [1.54, 1.807) is 18.2 Å². The molecule has 128 valence electrons. The fraction of sp³-hybridized carbons (Fsp3) is 0.333. The summed E-state index contributed by atoms with van der Waals surface area (Å²) in [5.74, 6) is -0.866. The summed E-state index contributed by atoms with van der Waals surface area (Å²) in [4.78, 5) is 16.6. The van der Waals surface area contributed by atoms with Crippen molar-refractivity contribution < 1.29 is 17.9 Å². The van der Waals surface area contributed by atoms with E-state index in [0.717, 1.165) is 11.3 Å². The van der Waals surface area contributed by atoms with Crippen LogP contribution in [0.3, 0.4) is 0 Å². The Kier molecular flexibility index (Phi) is 5.19. The summed E-state index contributed by atoms with van der Waals surface area (Å²) in [6, 6.07) is 7.13. The van der Waals surface area contributed by atoms with Crippen molar-refractivity contribution in [3.8, 4) is 10.6 Å². The van der Waals surface area contributed by atoms with Gasteiger partial charge in [0, 0.05) is 18.1 Å². The monoisotopic (exact) mass is 386 g/mol. The second-order valence-corrected chi connectivity index (χ2v) is 8.66. The van der Waals surface area contributed by atoms with Crippen molar-refractivity contribution in [2.45, 2.75) is 6.42 Å². The third kappa shape index (κ3) is 4.13. The van der Waals surface area contributed by atoms with E-state index in [9.17, 15) is 13.2 Å². The van der Waals surface area contributed by atoms with Gasteiger partial charge in [-0.15, -0.1) is 11.3 Å². The van der Waals surface area contributed by atoms with Gasteiger partial charge in [0.05, 0.1) is 23.6 Å². The Labute approximate surface area is 148 Å². The second-order valence-electron chi connectivity index (χ2n) is 5.45. The number of hydrogen-bond acceptors (Lipinski definition) is 6. The molecule has 1 fully saturated rings. The number of halogens is 1. The van der Waals surface area contributed by atoms with Crippen LogP contribution in [-0.2, 0) is 14.8 Å². The van der Waals surface area contributed by atoms with Crippen LogP contribution in [0.15, 0.2) is 30.5 Å². The number of aromatic nitrogens is 1. The lowest BCUT2D eigenvalue weighted by atomic mass is 10.2. The summed E-state index contributed by atoms with van der Waals surface area (Å²) in [6.45, 7) is 0.969. The molecule has 1 aliphatic rings. The minimum absolute atomic E-state index is 0.0737. The lowest BCUT2D eigenvalue weighted by Crippen LogP contribution is -2.34. The molecule has 3 rings (SSSR count). The topological polar surface area (TPSA) is 85.4 Å². The molecule has 1 aromatic carbocycles. The third-order valence-electron chi connectivity index (χ3n) is 3.56. The third-order valence-corrected chi connectivity index (χ3v) is 6.33. The average Bonchev–Trinajstić information content (AvgIpc) is 3.18. The van der Waals surface area contributed by atoms with Crippen LogP contribution in [0.4, 0.5) is 0 Å². The number of sulfonamides is 1. The maximum Gasteiger partial charge on any atom is 0.276 e. The standard InChI is InChI=1S/C15H15ClN2O4S2/c16-12-4-2-1-3-11(12)15-17-7-13(23-15)14(19)18-24(20,21)9-10-5-6-22-8-10/h1-4,7,10H,5-6,8-9H2,(H,18,19). The van der Waals surface area contributed by atoms with Gasteiger partial charge >= 0.3 is 0 Å². The van der Waals surface area contributed by atoms with E-state index < -0.39 is 15.9 Å². The Morgan fingerprint density at radius 3 is 2.92 bits per heavy atom. The summed E-state index contributed by atoms with van der Waals surface area (Å²) >= 11 is 7.20. The van der Waals surface area contributed by atoms with Gasteiger partial charge in [0.1, 0.15) is 9.88 Å². The average molecular weight is 387 g/mol. The molecule has 1 atom stereocenters. The van der Waals surface area contributed by atoms with E-state index in [2.05, 4.69) is 9.71 Å². The van der Waals surface area contributed by atoms with Crippen LogP contribution in [0.1, 0.15) is 16.1 Å². The van der Waals surface area contributed by atoms with E-state index in [0.29, 0.717) is 35.2 Å². The smallest absolute Gasteiger partial charge is 0.276 e. The van der Waals surface area contributed by atoms with E-state index in [-0.39, 0.29) is 16.5 Å². The number of amides is 1. The maximum absolute atomic E-state index is 12.2. The minimum atomic E-state index is -3.70. The van der Waals surface area contributed by atoms with Crippen molar-refractivity contribution in [2.75, 3.05) is 19.0 Å². The fourth-order valence-corrected chi connectivity index (χ4v) is 4.95. The number of nitrogens with one attached hydrogen (secondary N) is 1. The summed E-state index contributed by atoms with van der Waals surface area (Å²) in [6.07, 6.45) is 2.04. The molecule has 24 heavy (non-hydrogen) atoms. The van der Waals surface area contributed by atoms with Crippen molar-refractivity contribution in [3.05, 3.63) is 40.4 Å². The van der Waals surface area contributed by atoms with Crippen LogP contribution < -0.4 is 4.72 Å². The lowest BCUT2D eigenvalue weighted by Gasteiger charge is -2.09. The van der Waals surface area contributed by atoms with Crippen molar-refractivity contribution in [1.29, 1.82) is 0 Å². The zero-order chi connectivity index (χ0) is 17.2.